The minimum atomic E-state index is -0.0769. The predicted octanol–water partition coefficient (Wildman–Crippen LogP) is 4.53. The summed E-state index contributed by atoms with van der Waals surface area (Å²) in [5.74, 6) is 0.822. The summed E-state index contributed by atoms with van der Waals surface area (Å²) in [6, 6.07) is 22.3. The Labute approximate surface area is 195 Å². The Bertz CT molecular complexity index is 1180. The van der Waals surface area contributed by atoms with Gasteiger partial charge in [-0.25, -0.2) is 0 Å². The molecule has 2 aromatic carbocycles. The molecule has 2 aliphatic heterocycles. The van der Waals surface area contributed by atoms with Gasteiger partial charge in [0.05, 0.1) is 0 Å². The second-order valence-corrected chi connectivity index (χ2v) is 9.49. The van der Waals surface area contributed by atoms with Gasteiger partial charge in [-0.1, -0.05) is 42.5 Å². The van der Waals surface area contributed by atoms with E-state index < -0.39 is 0 Å². The standard InChI is InChI=1S/C28H31N3O2/c1-20(32)29-25-11-9-23(10-12-25)26-13-14-27(33)31-18-22-16-24(28(26)31)19-30(17-22)15-5-8-21-6-3-2-4-7-21/h2-4,6-7,9-14,22,24H,5,8,15-19H2,1H3,(H,29,32). The molecule has 5 heteroatoms. The third-order valence-corrected chi connectivity index (χ3v) is 6.96. The van der Waals surface area contributed by atoms with Gasteiger partial charge in [-0.05, 0) is 61.1 Å². The molecule has 0 saturated carbocycles. The van der Waals surface area contributed by atoms with Crippen molar-refractivity contribution in [2.45, 2.75) is 38.6 Å². The number of aryl methyl sites for hydroxylation is 1. The lowest BCUT2D eigenvalue weighted by atomic mass is 9.80. The Morgan fingerprint density at radius 1 is 0.970 bits per heavy atom. The van der Waals surface area contributed by atoms with Crippen molar-refractivity contribution in [3.05, 3.63) is 88.3 Å². The van der Waals surface area contributed by atoms with E-state index in [0.717, 1.165) is 62.3 Å². The van der Waals surface area contributed by atoms with Gasteiger partial charge in [0.15, 0.2) is 0 Å². The lowest BCUT2D eigenvalue weighted by Gasteiger charge is -2.43. The highest BCUT2D eigenvalue weighted by atomic mass is 16.1. The molecule has 2 unspecified atom stereocenters. The molecular weight excluding hydrogens is 410 g/mol. The highest BCUT2D eigenvalue weighted by molar-refractivity contribution is 5.89. The summed E-state index contributed by atoms with van der Waals surface area (Å²) < 4.78 is 2.03. The molecule has 0 spiro atoms. The molecule has 5 rings (SSSR count). The normalized spacial score (nSPS) is 19.7. The molecule has 33 heavy (non-hydrogen) atoms. The van der Waals surface area contributed by atoms with Gasteiger partial charge in [0.2, 0.25) is 5.91 Å². The fraction of sp³-hybridized carbons (Fsp3) is 0.357. The van der Waals surface area contributed by atoms with Gasteiger partial charge in [-0.3, -0.25) is 9.59 Å². The highest BCUT2D eigenvalue weighted by Gasteiger charge is 2.36. The third-order valence-electron chi connectivity index (χ3n) is 6.96. The summed E-state index contributed by atoms with van der Waals surface area (Å²) in [7, 11) is 0. The number of hydrogen-bond donors (Lipinski definition) is 1. The largest absolute Gasteiger partial charge is 0.326 e. The summed E-state index contributed by atoms with van der Waals surface area (Å²) >= 11 is 0. The van der Waals surface area contributed by atoms with E-state index in [-0.39, 0.29) is 11.5 Å². The predicted molar refractivity (Wildman–Crippen MR) is 132 cm³/mol. The fourth-order valence-corrected chi connectivity index (χ4v) is 5.63. The molecule has 1 aromatic heterocycles. The number of anilines is 1. The number of rotatable bonds is 6. The molecule has 2 atom stereocenters. The number of carbonyl (C=O) groups is 1. The van der Waals surface area contributed by atoms with Crippen LogP contribution in [0, 0.1) is 5.92 Å². The first-order chi connectivity index (χ1) is 16.1. The minimum absolute atomic E-state index is 0.0769. The average molecular weight is 442 g/mol. The van der Waals surface area contributed by atoms with Gasteiger partial charge in [0.1, 0.15) is 0 Å². The van der Waals surface area contributed by atoms with Crippen LogP contribution in [0.2, 0.25) is 0 Å². The monoisotopic (exact) mass is 441 g/mol. The first-order valence-corrected chi connectivity index (χ1v) is 11.9. The number of benzene rings is 2. The molecule has 1 saturated heterocycles. The van der Waals surface area contributed by atoms with Crippen LogP contribution in [0.15, 0.2) is 71.5 Å². The number of carbonyl (C=O) groups excluding carboxylic acids is 1. The van der Waals surface area contributed by atoms with Crippen LogP contribution < -0.4 is 10.9 Å². The van der Waals surface area contributed by atoms with E-state index in [9.17, 15) is 9.59 Å². The first kappa shape index (κ1) is 21.7. The number of likely N-dealkylation sites (tertiary alicyclic amines) is 1. The lowest BCUT2D eigenvalue weighted by Crippen LogP contribution is -2.47. The quantitative estimate of drug-likeness (QED) is 0.612. The molecule has 2 aliphatic rings. The molecule has 2 bridgehead atoms. The topological polar surface area (TPSA) is 54.3 Å². The number of nitrogens with zero attached hydrogens (tertiary/aromatic N) is 2. The van der Waals surface area contributed by atoms with E-state index in [2.05, 4.69) is 40.5 Å². The summed E-state index contributed by atoms with van der Waals surface area (Å²) in [5, 5.41) is 2.83. The number of fused-ring (bicyclic) bond motifs is 4. The van der Waals surface area contributed by atoms with E-state index in [1.165, 1.54) is 18.2 Å². The van der Waals surface area contributed by atoms with E-state index >= 15 is 0 Å². The molecule has 3 aromatic rings. The van der Waals surface area contributed by atoms with Crippen LogP contribution in [-0.2, 0) is 17.8 Å². The van der Waals surface area contributed by atoms with Crippen LogP contribution in [0.4, 0.5) is 5.69 Å². The van der Waals surface area contributed by atoms with Crippen molar-refractivity contribution >= 4 is 11.6 Å². The van der Waals surface area contributed by atoms with Gasteiger partial charge in [-0.2, -0.15) is 0 Å². The van der Waals surface area contributed by atoms with Crippen LogP contribution in [0.3, 0.4) is 0 Å². The minimum Gasteiger partial charge on any atom is -0.326 e. The summed E-state index contributed by atoms with van der Waals surface area (Å²) in [4.78, 5) is 26.7. The van der Waals surface area contributed by atoms with Crippen LogP contribution in [0.25, 0.3) is 11.1 Å². The van der Waals surface area contributed by atoms with Gasteiger partial charge in [0, 0.05) is 55.5 Å². The maximum atomic E-state index is 12.8. The number of pyridine rings is 1. The molecule has 1 fully saturated rings. The van der Waals surface area contributed by atoms with Crippen molar-refractivity contribution in [3.8, 4) is 11.1 Å². The Morgan fingerprint density at radius 2 is 1.76 bits per heavy atom. The van der Waals surface area contributed by atoms with E-state index in [4.69, 9.17) is 0 Å². The molecular formula is C28H31N3O2. The molecule has 1 N–H and O–H groups in total. The zero-order valence-corrected chi connectivity index (χ0v) is 19.2. The van der Waals surface area contributed by atoms with E-state index in [1.807, 2.05) is 34.9 Å². The van der Waals surface area contributed by atoms with E-state index in [0.29, 0.717) is 11.8 Å². The van der Waals surface area contributed by atoms with Gasteiger partial charge >= 0.3 is 0 Å². The molecule has 5 nitrogen and oxygen atoms in total. The maximum absolute atomic E-state index is 12.8. The lowest BCUT2D eigenvalue weighted by molar-refractivity contribution is -0.114. The summed E-state index contributed by atoms with van der Waals surface area (Å²) in [5.41, 5.74) is 5.70. The van der Waals surface area contributed by atoms with Crippen LogP contribution in [0.1, 0.15) is 36.9 Å². The number of hydrogen-bond acceptors (Lipinski definition) is 3. The highest BCUT2D eigenvalue weighted by Crippen LogP contribution is 2.40. The van der Waals surface area contributed by atoms with Gasteiger partial charge < -0.3 is 14.8 Å². The van der Waals surface area contributed by atoms with E-state index in [1.54, 1.807) is 6.07 Å². The Kier molecular flexibility index (Phi) is 6.14. The Balaban J connectivity index is 1.36. The zero-order valence-electron chi connectivity index (χ0n) is 19.2. The van der Waals surface area contributed by atoms with Gasteiger partial charge in [0.25, 0.3) is 5.56 Å². The van der Waals surface area contributed by atoms with Crippen molar-refractivity contribution in [2.75, 3.05) is 25.0 Å². The molecule has 1 amide bonds. The summed E-state index contributed by atoms with van der Waals surface area (Å²) in [6.45, 7) is 5.49. The van der Waals surface area contributed by atoms with Crippen molar-refractivity contribution in [3.63, 3.8) is 0 Å². The van der Waals surface area contributed by atoms with Crippen LogP contribution >= 0.6 is 0 Å². The number of amides is 1. The van der Waals surface area contributed by atoms with Crippen molar-refractivity contribution in [1.82, 2.24) is 9.47 Å². The van der Waals surface area contributed by atoms with Crippen molar-refractivity contribution < 1.29 is 4.79 Å². The Morgan fingerprint density at radius 3 is 2.52 bits per heavy atom. The SMILES string of the molecule is CC(=O)Nc1ccc(-c2ccc(=O)n3c2C2CC(CN(CCCc4ccccc4)C2)C3)cc1. The fourth-order valence-electron chi connectivity index (χ4n) is 5.63. The molecule has 170 valence electrons. The molecule has 0 radical (unpaired) electrons. The van der Waals surface area contributed by atoms with Gasteiger partial charge in [-0.15, -0.1) is 0 Å². The van der Waals surface area contributed by atoms with Crippen LogP contribution in [-0.4, -0.2) is 35.0 Å². The zero-order chi connectivity index (χ0) is 22.8. The first-order valence-electron chi connectivity index (χ1n) is 11.9. The average Bonchev–Trinajstić information content (AvgIpc) is 2.81. The second-order valence-electron chi connectivity index (χ2n) is 9.49. The Hall–Kier alpha value is -3.18. The second kappa shape index (κ2) is 9.36. The molecule has 0 aliphatic carbocycles. The third kappa shape index (κ3) is 4.79. The number of nitrogens with one attached hydrogen (secondary N) is 1. The van der Waals surface area contributed by atoms with Crippen molar-refractivity contribution in [2.24, 2.45) is 5.92 Å². The summed E-state index contributed by atoms with van der Waals surface area (Å²) in [6.07, 6.45) is 3.41. The van der Waals surface area contributed by atoms with Crippen LogP contribution in [0.5, 0.6) is 0 Å². The molecule has 3 heterocycles. The smallest absolute Gasteiger partial charge is 0.250 e. The number of piperidine rings is 1. The van der Waals surface area contributed by atoms with Crippen molar-refractivity contribution in [1.29, 1.82) is 0 Å². The maximum Gasteiger partial charge on any atom is 0.250 e. The number of aromatic nitrogens is 1.